The van der Waals surface area contributed by atoms with Gasteiger partial charge in [-0.05, 0) is 49.2 Å². The van der Waals surface area contributed by atoms with E-state index in [1.807, 2.05) is 0 Å². The molecular formula is C20H20FNO7S. The van der Waals surface area contributed by atoms with Crippen molar-refractivity contribution in [2.45, 2.75) is 23.8 Å². The summed E-state index contributed by atoms with van der Waals surface area (Å²) in [7, 11) is -1.27. The fourth-order valence-corrected chi connectivity index (χ4v) is 4.14. The third kappa shape index (κ3) is 4.95. The van der Waals surface area contributed by atoms with E-state index < -0.39 is 34.2 Å². The summed E-state index contributed by atoms with van der Waals surface area (Å²) in [5.41, 5.74) is -0.0617. The lowest BCUT2D eigenvalue weighted by Crippen LogP contribution is -2.26. The number of halogens is 1. The molecule has 10 heteroatoms. The van der Waals surface area contributed by atoms with Crippen molar-refractivity contribution in [3.05, 3.63) is 53.3 Å². The number of benzene rings is 2. The number of sulfonamides is 1. The Morgan fingerprint density at radius 3 is 2.27 bits per heavy atom. The van der Waals surface area contributed by atoms with Crippen LogP contribution in [-0.2, 0) is 14.8 Å². The molecule has 1 fully saturated rings. The number of hydrogen-bond acceptors (Lipinski definition) is 7. The van der Waals surface area contributed by atoms with Gasteiger partial charge in [-0.1, -0.05) is 0 Å². The molecule has 0 spiro atoms. The molecule has 2 aromatic rings. The second-order valence-corrected chi connectivity index (χ2v) is 8.29. The van der Waals surface area contributed by atoms with Gasteiger partial charge in [-0.15, -0.1) is 0 Å². The molecule has 8 nitrogen and oxygen atoms in total. The van der Waals surface area contributed by atoms with Gasteiger partial charge in [-0.25, -0.2) is 22.3 Å². The summed E-state index contributed by atoms with van der Waals surface area (Å²) in [6.45, 7) is -0.640. The van der Waals surface area contributed by atoms with Gasteiger partial charge in [-0.2, -0.15) is 0 Å². The highest BCUT2D eigenvalue weighted by Crippen LogP contribution is 2.28. The van der Waals surface area contributed by atoms with Gasteiger partial charge in [0.25, 0.3) is 0 Å². The first-order valence-corrected chi connectivity index (χ1v) is 10.5. The molecule has 1 aliphatic carbocycles. The number of hydrogen-bond donors (Lipinski definition) is 1. The minimum atomic E-state index is -3.88. The molecule has 1 N–H and O–H groups in total. The van der Waals surface area contributed by atoms with Crippen molar-refractivity contribution in [2.75, 3.05) is 20.8 Å². The second kappa shape index (κ2) is 8.80. The van der Waals surface area contributed by atoms with Crippen LogP contribution in [0.25, 0.3) is 0 Å². The molecular weight excluding hydrogens is 417 g/mol. The van der Waals surface area contributed by atoms with Crippen LogP contribution in [0.3, 0.4) is 0 Å². The topological polar surface area (TPSA) is 108 Å². The summed E-state index contributed by atoms with van der Waals surface area (Å²) in [5, 5.41) is 0. The van der Waals surface area contributed by atoms with Gasteiger partial charge in [0, 0.05) is 11.6 Å². The van der Waals surface area contributed by atoms with Crippen LogP contribution >= 0.6 is 0 Å². The number of ketones is 1. The highest BCUT2D eigenvalue weighted by Gasteiger charge is 2.30. The predicted molar refractivity (Wildman–Crippen MR) is 104 cm³/mol. The first-order valence-electron chi connectivity index (χ1n) is 8.99. The molecule has 0 unspecified atom stereocenters. The fraction of sp³-hybridized carbons (Fsp3) is 0.300. The minimum Gasteiger partial charge on any atom is -0.495 e. The lowest BCUT2D eigenvalue weighted by molar-refractivity contribution is 0.0474. The van der Waals surface area contributed by atoms with Crippen molar-refractivity contribution >= 4 is 21.8 Å². The van der Waals surface area contributed by atoms with E-state index in [1.165, 1.54) is 38.5 Å². The molecule has 0 saturated heterocycles. The van der Waals surface area contributed by atoms with Crippen molar-refractivity contribution in [3.8, 4) is 11.5 Å². The number of ether oxygens (including phenoxy) is 3. The second-order valence-electron chi connectivity index (χ2n) is 6.61. The van der Waals surface area contributed by atoms with Crippen LogP contribution in [-0.4, -0.2) is 47.0 Å². The molecule has 0 radical (unpaired) electrons. The molecule has 2 aromatic carbocycles. The Balaban J connectivity index is 1.73. The van der Waals surface area contributed by atoms with E-state index in [0.717, 1.165) is 25.0 Å². The summed E-state index contributed by atoms with van der Waals surface area (Å²) < 4.78 is 56.2. The fourth-order valence-electron chi connectivity index (χ4n) is 2.64. The lowest BCUT2D eigenvalue weighted by Gasteiger charge is -2.12. The van der Waals surface area contributed by atoms with Crippen molar-refractivity contribution in [2.24, 2.45) is 0 Å². The van der Waals surface area contributed by atoms with Crippen LogP contribution in [0.15, 0.2) is 41.3 Å². The van der Waals surface area contributed by atoms with Crippen molar-refractivity contribution in [3.63, 3.8) is 0 Å². The maximum absolute atomic E-state index is 13.7. The molecule has 1 aliphatic rings. The van der Waals surface area contributed by atoms with E-state index in [1.54, 1.807) is 0 Å². The van der Waals surface area contributed by atoms with Gasteiger partial charge in [0.2, 0.25) is 10.0 Å². The first-order chi connectivity index (χ1) is 14.2. The average molecular weight is 437 g/mol. The molecule has 0 amide bonds. The van der Waals surface area contributed by atoms with E-state index in [4.69, 9.17) is 14.2 Å². The molecule has 0 aliphatic heterocycles. The third-order valence-electron chi connectivity index (χ3n) is 4.40. The van der Waals surface area contributed by atoms with E-state index in [9.17, 15) is 22.4 Å². The Morgan fingerprint density at radius 2 is 1.67 bits per heavy atom. The van der Waals surface area contributed by atoms with Gasteiger partial charge >= 0.3 is 5.97 Å². The third-order valence-corrected chi connectivity index (χ3v) is 5.94. The molecule has 0 bridgehead atoms. The molecule has 0 atom stereocenters. The standard InChI is InChI=1S/C20H20FNO7S/c1-27-17-7-3-12(9-15(17)21)16(23)11-29-20(24)13-4-8-18(28-2)19(10-13)30(25,26)22-14-5-6-14/h3-4,7-10,14,22H,5-6,11H2,1-2H3. The number of Topliss-reactive ketones (excluding diaryl/α,β-unsaturated/α-hetero) is 1. The number of carbonyl (C=O) groups is 2. The van der Waals surface area contributed by atoms with Crippen molar-refractivity contribution < 1.29 is 36.6 Å². The molecule has 160 valence electrons. The van der Waals surface area contributed by atoms with Gasteiger partial charge in [-0.3, -0.25) is 4.79 Å². The van der Waals surface area contributed by atoms with E-state index in [-0.39, 0.29) is 33.6 Å². The average Bonchev–Trinajstić information content (AvgIpc) is 3.54. The van der Waals surface area contributed by atoms with Crippen LogP contribution in [0.2, 0.25) is 0 Å². The van der Waals surface area contributed by atoms with E-state index in [2.05, 4.69) is 4.72 Å². The van der Waals surface area contributed by atoms with Gasteiger partial charge in [0.1, 0.15) is 10.6 Å². The Kier molecular flexibility index (Phi) is 6.37. The van der Waals surface area contributed by atoms with Crippen LogP contribution in [0.1, 0.15) is 33.6 Å². The van der Waals surface area contributed by atoms with E-state index >= 15 is 0 Å². The Hall–Kier alpha value is -2.98. The summed E-state index contributed by atoms with van der Waals surface area (Å²) in [6, 6.07) is 7.28. The van der Waals surface area contributed by atoms with Crippen LogP contribution < -0.4 is 14.2 Å². The highest BCUT2D eigenvalue weighted by molar-refractivity contribution is 7.89. The van der Waals surface area contributed by atoms with Crippen molar-refractivity contribution in [1.82, 2.24) is 4.72 Å². The molecule has 0 heterocycles. The largest absolute Gasteiger partial charge is 0.495 e. The Bertz CT molecular complexity index is 1080. The Morgan fingerprint density at radius 1 is 1.03 bits per heavy atom. The number of methoxy groups -OCH3 is 2. The zero-order valence-electron chi connectivity index (χ0n) is 16.3. The van der Waals surface area contributed by atoms with E-state index in [0.29, 0.717) is 0 Å². The smallest absolute Gasteiger partial charge is 0.338 e. The van der Waals surface area contributed by atoms with Crippen molar-refractivity contribution in [1.29, 1.82) is 0 Å². The normalized spacial score (nSPS) is 13.6. The highest BCUT2D eigenvalue weighted by atomic mass is 32.2. The molecule has 1 saturated carbocycles. The maximum atomic E-state index is 13.7. The SMILES string of the molecule is COc1ccc(C(=O)COC(=O)c2ccc(OC)c(S(=O)(=O)NC3CC3)c2)cc1F. The summed E-state index contributed by atoms with van der Waals surface area (Å²) in [4.78, 5) is 24.3. The van der Waals surface area contributed by atoms with Gasteiger partial charge in [0.15, 0.2) is 24.0 Å². The van der Waals surface area contributed by atoms with Crippen LogP contribution in [0.4, 0.5) is 4.39 Å². The molecule has 30 heavy (non-hydrogen) atoms. The first kappa shape index (κ1) is 21.7. The molecule has 3 rings (SSSR count). The lowest BCUT2D eigenvalue weighted by atomic mass is 10.1. The maximum Gasteiger partial charge on any atom is 0.338 e. The van der Waals surface area contributed by atoms with Gasteiger partial charge in [0.05, 0.1) is 19.8 Å². The quantitative estimate of drug-likeness (QED) is 0.474. The summed E-state index contributed by atoms with van der Waals surface area (Å²) in [6.07, 6.45) is 1.49. The summed E-state index contributed by atoms with van der Waals surface area (Å²) in [5.74, 6) is -2.19. The number of esters is 1. The number of rotatable bonds is 9. The number of nitrogens with one attached hydrogen (secondary N) is 1. The zero-order chi connectivity index (χ0) is 21.9. The van der Waals surface area contributed by atoms with Crippen LogP contribution in [0, 0.1) is 5.82 Å². The van der Waals surface area contributed by atoms with Crippen LogP contribution in [0.5, 0.6) is 11.5 Å². The predicted octanol–water partition coefficient (Wildman–Crippen LogP) is 2.32. The van der Waals surface area contributed by atoms with Gasteiger partial charge < -0.3 is 14.2 Å². The number of carbonyl (C=O) groups excluding carboxylic acids is 2. The monoisotopic (exact) mass is 437 g/mol. The summed E-state index contributed by atoms with van der Waals surface area (Å²) >= 11 is 0. The molecule has 0 aromatic heterocycles. The minimum absolute atomic E-state index is 0.00716. The Labute approximate surface area is 173 Å². The zero-order valence-corrected chi connectivity index (χ0v) is 17.1.